The van der Waals surface area contributed by atoms with E-state index in [1.54, 1.807) is 47.4 Å². The van der Waals surface area contributed by atoms with Crippen molar-refractivity contribution in [2.75, 3.05) is 6.61 Å². The number of ether oxygens (including phenoxy) is 1. The average molecular weight is 491 g/mol. The van der Waals surface area contributed by atoms with Crippen LogP contribution in [0.25, 0.3) is 11.0 Å². The second-order valence-electron chi connectivity index (χ2n) is 11.2. The number of H-pyrrole nitrogens is 1. The number of hydrogen-bond donors (Lipinski definition) is 3. The molecule has 4 aromatic heterocycles. The molecular formula is C26H30N6O4. The van der Waals surface area contributed by atoms with Crippen molar-refractivity contribution in [1.82, 2.24) is 29.5 Å². The van der Waals surface area contributed by atoms with Crippen LogP contribution < -0.4 is 15.7 Å². The molecule has 2 fully saturated rings. The molecule has 188 valence electrons. The molecule has 2 saturated carbocycles. The van der Waals surface area contributed by atoms with Crippen molar-refractivity contribution < 1.29 is 14.6 Å². The number of nitrogens with one attached hydrogen (secondary N) is 2. The van der Waals surface area contributed by atoms with Gasteiger partial charge >= 0.3 is 5.69 Å². The number of aliphatic hydroxyl groups is 1. The number of carbonyl (C=O) groups excluding carboxylic acids is 1. The molecule has 2 aliphatic rings. The van der Waals surface area contributed by atoms with Crippen LogP contribution in [-0.2, 0) is 0 Å². The summed E-state index contributed by atoms with van der Waals surface area (Å²) in [6.07, 6.45) is 9.00. The highest BCUT2D eigenvalue weighted by Gasteiger charge is 2.54. The van der Waals surface area contributed by atoms with Crippen molar-refractivity contribution in [1.29, 1.82) is 0 Å². The lowest BCUT2D eigenvalue weighted by atomic mass is 9.49. The van der Waals surface area contributed by atoms with E-state index in [0.717, 1.165) is 42.5 Å². The number of aromatic nitrogens is 5. The van der Waals surface area contributed by atoms with Crippen molar-refractivity contribution in [3.8, 4) is 5.75 Å². The Morgan fingerprint density at radius 1 is 1.28 bits per heavy atom. The van der Waals surface area contributed by atoms with Crippen molar-refractivity contribution in [2.45, 2.75) is 64.0 Å². The van der Waals surface area contributed by atoms with Crippen LogP contribution in [0.4, 0.5) is 0 Å². The predicted molar refractivity (Wildman–Crippen MR) is 132 cm³/mol. The largest absolute Gasteiger partial charge is 0.489 e. The lowest BCUT2D eigenvalue weighted by molar-refractivity contribution is -0.0197. The van der Waals surface area contributed by atoms with Crippen LogP contribution in [-0.4, -0.2) is 53.5 Å². The minimum absolute atomic E-state index is 0.126. The predicted octanol–water partition coefficient (Wildman–Crippen LogP) is 2.58. The highest BCUT2D eigenvalue weighted by atomic mass is 16.5. The van der Waals surface area contributed by atoms with E-state index in [1.165, 1.54) is 0 Å². The summed E-state index contributed by atoms with van der Waals surface area (Å²) in [5.74, 6) is 0.769. The fourth-order valence-corrected chi connectivity index (χ4v) is 5.87. The van der Waals surface area contributed by atoms with Crippen LogP contribution in [0.15, 0.2) is 41.6 Å². The molecule has 36 heavy (non-hydrogen) atoms. The summed E-state index contributed by atoms with van der Waals surface area (Å²) in [5.41, 5.74) is 3.27. The molecule has 4 heterocycles. The number of nitrogens with zero attached hydrogens (tertiary/aromatic N) is 4. The van der Waals surface area contributed by atoms with Crippen LogP contribution in [0.3, 0.4) is 0 Å². The van der Waals surface area contributed by atoms with E-state index in [0.29, 0.717) is 22.7 Å². The second kappa shape index (κ2) is 7.92. The number of carbonyl (C=O) groups is 1. The van der Waals surface area contributed by atoms with Gasteiger partial charge in [-0.3, -0.25) is 9.20 Å². The van der Waals surface area contributed by atoms with E-state index in [4.69, 9.17) is 4.74 Å². The molecule has 6 rings (SSSR count). The first-order valence-electron chi connectivity index (χ1n) is 12.3. The quantitative estimate of drug-likeness (QED) is 0.381. The zero-order valence-corrected chi connectivity index (χ0v) is 20.6. The van der Waals surface area contributed by atoms with Crippen molar-refractivity contribution in [2.24, 2.45) is 5.41 Å². The maximum Gasteiger partial charge on any atom is 0.346 e. The number of hydrogen-bond acceptors (Lipinski definition) is 6. The Morgan fingerprint density at radius 2 is 2.06 bits per heavy atom. The Hall–Kier alpha value is -3.66. The van der Waals surface area contributed by atoms with Gasteiger partial charge in [-0.25, -0.2) is 14.4 Å². The van der Waals surface area contributed by atoms with Gasteiger partial charge in [-0.05, 0) is 75.6 Å². The van der Waals surface area contributed by atoms with Crippen molar-refractivity contribution >= 4 is 16.9 Å². The molecule has 0 saturated heterocycles. The molecule has 0 radical (unpaired) electrons. The third-order valence-electron chi connectivity index (χ3n) is 7.59. The molecule has 10 heteroatoms. The number of pyridine rings is 1. The topological polar surface area (TPSA) is 126 Å². The minimum Gasteiger partial charge on any atom is -0.489 e. The lowest BCUT2D eigenvalue weighted by Crippen LogP contribution is -2.55. The van der Waals surface area contributed by atoms with Gasteiger partial charge in [-0.1, -0.05) is 0 Å². The molecular weight excluding hydrogens is 460 g/mol. The molecule has 0 bridgehead atoms. The van der Waals surface area contributed by atoms with E-state index in [2.05, 4.69) is 20.6 Å². The first-order chi connectivity index (χ1) is 17.1. The third-order valence-corrected chi connectivity index (χ3v) is 7.59. The Bertz CT molecular complexity index is 1530. The number of aromatic amines is 1. The van der Waals surface area contributed by atoms with Gasteiger partial charge in [0.25, 0.3) is 5.91 Å². The summed E-state index contributed by atoms with van der Waals surface area (Å²) >= 11 is 0. The van der Waals surface area contributed by atoms with Crippen LogP contribution in [0, 0.1) is 12.3 Å². The summed E-state index contributed by atoms with van der Waals surface area (Å²) in [5, 5.41) is 24.3. The van der Waals surface area contributed by atoms with Gasteiger partial charge in [-0.2, -0.15) is 10.2 Å². The Labute approximate surface area is 207 Å². The van der Waals surface area contributed by atoms with Crippen LogP contribution in [0.1, 0.15) is 67.1 Å². The fraction of sp³-hybridized carbons (Fsp3) is 0.462. The summed E-state index contributed by atoms with van der Waals surface area (Å²) in [6.45, 7) is 5.52. The monoisotopic (exact) mass is 490 g/mol. The van der Waals surface area contributed by atoms with E-state index in [1.807, 2.05) is 19.1 Å². The molecule has 0 unspecified atom stereocenters. The van der Waals surface area contributed by atoms with Crippen LogP contribution >= 0.6 is 0 Å². The molecule has 4 aromatic rings. The summed E-state index contributed by atoms with van der Waals surface area (Å²) in [4.78, 5) is 25.0. The zero-order chi connectivity index (χ0) is 25.2. The molecule has 0 atom stereocenters. The average Bonchev–Trinajstić information content (AvgIpc) is 3.37. The standard InChI is InChI=1S/C26H30N6O4/c1-15-6-7-31-22(15)21(29-30-24(31)34)16-8-26(9-16)10-17(11-26)28-23(33)19-12-27-32-13-18(4-5-20(19)32)36-14-25(2,3)35/h4-7,12-13,16-17,35H,8-11,14H2,1-3H3,(H,28,33)(H,30,34). The fourth-order valence-electron chi connectivity index (χ4n) is 5.87. The van der Waals surface area contributed by atoms with Gasteiger partial charge in [0.15, 0.2) is 0 Å². The molecule has 1 spiro atoms. The van der Waals surface area contributed by atoms with Gasteiger partial charge in [-0.15, -0.1) is 0 Å². The van der Waals surface area contributed by atoms with E-state index in [9.17, 15) is 14.7 Å². The smallest absolute Gasteiger partial charge is 0.346 e. The number of fused-ring (bicyclic) bond motifs is 2. The van der Waals surface area contributed by atoms with Crippen molar-refractivity contribution in [3.05, 3.63) is 64.1 Å². The zero-order valence-electron chi connectivity index (χ0n) is 20.6. The molecule has 10 nitrogen and oxygen atoms in total. The van der Waals surface area contributed by atoms with Gasteiger partial charge in [0.2, 0.25) is 0 Å². The maximum atomic E-state index is 13.0. The number of rotatable bonds is 6. The van der Waals surface area contributed by atoms with Gasteiger partial charge in [0, 0.05) is 18.2 Å². The van der Waals surface area contributed by atoms with E-state index >= 15 is 0 Å². The highest BCUT2D eigenvalue weighted by molar-refractivity contribution is 6.00. The van der Waals surface area contributed by atoms with E-state index < -0.39 is 5.60 Å². The normalized spacial score (nSPS) is 23.6. The Kier molecular flexibility index (Phi) is 5.01. The summed E-state index contributed by atoms with van der Waals surface area (Å²) < 4.78 is 8.88. The Morgan fingerprint density at radius 3 is 2.81 bits per heavy atom. The number of amides is 1. The van der Waals surface area contributed by atoms with Gasteiger partial charge < -0.3 is 15.2 Å². The molecule has 0 aliphatic heterocycles. The van der Waals surface area contributed by atoms with Gasteiger partial charge in [0.05, 0.1) is 40.3 Å². The van der Waals surface area contributed by atoms with Gasteiger partial charge in [0.1, 0.15) is 12.4 Å². The molecule has 1 amide bonds. The van der Waals surface area contributed by atoms with Crippen LogP contribution in [0.5, 0.6) is 5.75 Å². The second-order valence-corrected chi connectivity index (χ2v) is 11.2. The summed E-state index contributed by atoms with van der Waals surface area (Å²) in [7, 11) is 0. The third kappa shape index (κ3) is 3.85. The van der Waals surface area contributed by atoms with Crippen LogP contribution in [0.2, 0.25) is 0 Å². The maximum absolute atomic E-state index is 13.0. The first-order valence-corrected chi connectivity index (χ1v) is 12.3. The highest BCUT2D eigenvalue weighted by Crippen LogP contribution is 2.62. The van der Waals surface area contributed by atoms with Crippen molar-refractivity contribution in [3.63, 3.8) is 0 Å². The first kappa shape index (κ1) is 22.8. The number of aryl methyl sites for hydroxylation is 1. The Balaban J connectivity index is 1.07. The summed E-state index contributed by atoms with van der Waals surface area (Å²) in [6, 6.07) is 5.67. The molecule has 0 aromatic carbocycles. The minimum atomic E-state index is -0.936. The molecule has 3 N–H and O–H groups in total. The van der Waals surface area contributed by atoms with E-state index in [-0.39, 0.29) is 29.7 Å². The SMILES string of the molecule is Cc1ccn2c(=O)[nH]nc(C3CC4(CC(NC(=O)c5cnn6cc(OCC(C)(C)O)ccc56)C4)C3)c12. The molecule has 2 aliphatic carbocycles. The lowest BCUT2D eigenvalue weighted by Gasteiger charge is -2.57.